The molecule has 2 rings (SSSR count). The molecule has 0 amide bonds. The molecular weight excluding hydrogens is 216 g/mol. The van der Waals surface area contributed by atoms with Crippen molar-refractivity contribution < 1.29 is 14.6 Å². The zero-order valence-corrected chi connectivity index (χ0v) is 10.7. The summed E-state index contributed by atoms with van der Waals surface area (Å²) in [5.41, 5.74) is 0.719. The van der Waals surface area contributed by atoms with Crippen LogP contribution in [0, 0.1) is 11.3 Å². The topological polar surface area (TPSA) is 46.5 Å². The van der Waals surface area contributed by atoms with Crippen LogP contribution in [0.15, 0.2) is 11.6 Å². The molecule has 17 heavy (non-hydrogen) atoms. The SMILES string of the molecule is CCCCC1=CC2C(O)CCCC12C(=O)OC. The predicted octanol–water partition coefficient (Wildman–Crippen LogP) is 2.44. The Morgan fingerprint density at radius 1 is 1.65 bits per heavy atom. The standard InChI is InChI=1S/C14H22O3/c1-3-4-6-10-9-11-12(15)7-5-8-14(10,11)13(16)17-2/h9,11-12,15H,3-8H2,1-2H3. The summed E-state index contributed by atoms with van der Waals surface area (Å²) >= 11 is 0. The summed E-state index contributed by atoms with van der Waals surface area (Å²) in [5, 5.41) is 10.00. The van der Waals surface area contributed by atoms with Crippen molar-refractivity contribution in [3.8, 4) is 0 Å². The number of hydrogen-bond acceptors (Lipinski definition) is 3. The van der Waals surface area contributed by atoms with Gasteiger partial charge in [0.2, 0.25) is 0 Å². The molecule has 1 N–H and O–H groups in total. The van der Waals surface area contributed by atoms with Crippen LogP contribution in [0.1, 0.15) is 45.4 Å². The Balaban J connectivity index is 2.22. The molecule has 3 atom stereocenters. The van der Waals surface area contributed by atoms with Crippen molar-refractivity contribution in [2.24, 2.45) is 11.3 Å². The number of aliphatic hydroxyl groups is 1. The molecule has 96 valence electrons. The lowest BCUT2D eigenvalue weighted by Crippen LogP contribution is -2.54. The van der Waals surface area contributed by atoms with Gasteiger partial charge in [0.15, 0.2) is 0 Å². The maximum Gasteiger partial charge on any atom is 0.316 e. The minimum absolute atomic E-state index is 0.00411. The Labute approximate surface area is 103 Å². The molecule has 0 spiro atoms. The highest BCUT2D eigenvalue weighted by Crippen LogP contribution is 2.57. The van der Waals surface area contributed by atoms with Gasteiger partial charge in [0.05, 0.1) is 18.6 Å². The van der Waals surface area contributed by atoms with E-state index >= 15 is 0 Å². The quantitative estimate of drug-likeness (QED) is 0.604. The number of aliphatic hydroxyl groups excluding tert-OH is 1. The van der Waals surface area contributed by atoms with Gasteiger partial charge in [0.1, 0.15) is 0 Å². The van der Waals surface area contributed by atoms with Crippen LogP contribution in [0.3, 0.4) is 0 Å². The lowest BCUT2D eigenvalue weighted by molar-refractivity contribution is -0.161. The van der Waals surface area contributed by atoms with Crippen LogP contribution in [0.4, 0.5) is 0 Å². The summed E-state index contributed by atoms with van der Waals surface area (Å²) in [6.45, 7) is 2.15. The van der Waals surface area contributed by atoms with Crippen molar-refractivity contribution in [3.05, 3.63) is 11.6 Å². The number of carbonyl (C=O) groups is 1. The van der Waals surface area contributed by atoms with E-state index in [4.69, 9.17) is 4.74 Å². The number of esters is 1. The van der Waals surface area contributed by atoms with E-state index in [0.717, 1.165) is 38.5 Å². The average molecular weight is 238 g/mol. The first-order chi connectivity index (χ1) is 8.16. The van der Waals surface area contributed by atoms with E-state index in [1.807, 2.05) is 0 Å². The molecule has 0 bridgehead atoms. The van der Waals surface area contributed by atoms with Gasteiger partial charge in [-0.25, -0.2) is 0 Å². The first kappa shape index (κ1) is 12.6. The number of ether oxygens (including phenoxy) is 1. The van der Waals surface area contributed by atoms with E-state index < -0.39 is 5.41 Å². The summed E-state index contributed by atoms with van der Waals surface area (Å²) in [4.78, 5) is 12.1. The first-order valence-electron chi connectivity index (χ1n) is 6.64. The maximum absolute atomic E-state index is 12.1. The molecule has 3 heteroatoms. The fourth-order valence-electron chi connectivity index (χ4n) is 3.39. The van der Waals surface area contributed by atoms with Crippen LogP contribution in [0.5, 0.6) is 0 Å². The third-order valence-corrected chi connectivity index (χ3v) is 4.36. The van der Waals surface area contributed by atoms with Gasteiger partial charge in [-0.05, 0) is 32.1 Å². The van der Waals surface area contributed by atoms with Crippen molar-refractivity contribution in [1.29, 1.82) is 0 Å². The molecule has 0 aromatic carbocycles. The normalized spacial score (nSPS) is 35.6. The van der Waals surface area contributed by atoms with E-state index in [0.29, 0.717) is 0 Å². The van der Waals surface area contributed by atoms with Gasteiger partial charge < -0.3 is 9.84 Å². The highest BCUT2D eigenvalue weighted by molar-refractivity contribution is 5.84. The van der Waals surface area contributed by atoms with Gasteiger partial charge in [-0.3, -0.25) is 4.79 Å². The summed E-state index contributed by atoms with van der Waals surface area (Å²) in [7, 11) is 1.45. The van der Waals surface area contributed by atoms with E-state index in [9.17, 15) is 9.90 Å². The van der Waals surface area contributed by atoms with Gasteiger partial charge >= 0.3 is 5.97 Å². The van der Waals surface area contributed by atoms with Gasteiger partial charge in [-0.2, -0.15) is 0 Å². The van der Waals surface area contributed by atoms with E-state index in [2.05, 4.69) is 13.0 Å². The van der Waals surface area contributed by atoms with Gasteiger partial charge in [-0.1, -0.05) is 25.0 Å². The number of rotatable bonds is 4. The van der Waals surface area contributed by atoms with Crippen molar-refractivity contribution >= 4 is 5.97 Å². The second-order valence-electron chi connectivity index (χ2n) is 5.24. The summed E-state index contributed by atoms with van der Waals surface area (Å²) in [5.74, 6) is -0.148. The molecule has 1 saturated carbocycles. The molecule has 2 aliphatic rings. The summed E-state index contributed by atoms with van der Waals surface area (Å²) < 4.78 is 4.98. The molecule has 0 heterocycles. The van der Waals surface area contributed by atoms with Crippen LogP contribution in [-0.2, 0) is 9.53 Å². The third kappa shape index (κ3) is 1.81. The number of hydrogen-bond donors (Lipinski definition) is 1. The third-order valence-electron chi connectivity index (χ3n) is 4.36. The minimum Gasteiger partial charge on any atom is -0.468 e. The molecule has 1 fully saturated rings. The van der Waals surface area contributed by atoms with Crippen LogP contribution in [0.25, 0.3) is 0 Å². The van der Waals surface area contributed by atoms with Crippen molar-refractivity contribution in [2.75, 3.05) is 7.11 Å². The lowest BCUT2D eigenvalue weighted by atomic mass is 9.52. The average Bonchev–Trinajstić information content (AvgIpc) is 2.31. The maximum atomic E-state index is 12.1. The van der Waals surface area contributed by atoms with Gasteiger partial charge in [-0.15, -0.1) is 0 Å². The number of carbonyl (C=O) groups excluding carboxylic acids is 1. The van der Waals surface area contributed by atoms with Crippen LogP contribution in [-0.4, -0.2) is 24.3 Å². The highest BCUT2D eigenvalue weighted by Gasteiger charge is 2.58. The summed E-state index contributed by atoms with van der Waals surface area (Å²) in [6, 6.07) is 0. The molecule has 0 radical (unpaired) electrons. The largest absolute Gasteiger partial charge is 0.468 e. The van der Waals surface area contributed by atoms with Crippen molar-refractivity contribution in [3.63, 3.8) is 0 Å². The molecule has 0 aromatic heterocycles. The van der Waals surface area contributed by atoms with Crippen molar-refractivity contribution in [2.45, 2.75) is 51.6 Å². The van der Waals surface area contributed by atoms with Crippen LogP contribution < -0.4 is 0 Å². The van der Waals surface area contributed by atoms with E-state index in [1.54, 1.807) is 0 Å². The van der Waals surface area contributed by atoms with Crippen molar-refractivity contribution in [1.82, 2.24) is 0 Å². The molecular formula is C14H22O3. The highest BCUT2D eigenvalue weighted by atomic mass is 16.5. The Hall–Kier alpha value is -0.830. The minimum atomic E-state index is -0.485. The molecule has 2 aliphatic carbocycles. The lowest BCUT2D eigenvalue weighted by Gasteiger charge is -2.51. The number of fused-ring (bicyclic) bond motifs is 1. The Morgan fingerprint density at radius 3 is 3.06 bits per heavy atom. The smallest absolute Gasteiger partial charge is 0.316 e. The molecule has 0 aliphatic heterocycles. The summed E-state index contributed by atoms with van der Waals surface area (Å²) in [6.07, 6.45) is 7.50. The molecule has 0 aromatic rings. The number of unbranched alkanes of at least 4 members (excludes halogenated alkanes) is 1. The van der Waals surface area contributed by atoms with E-state index in [1.165, 1.54) is 12.7 Å². The first-order valence-corrected chi connectivity index (χ1v) is 6.64. The molecule has 3 unspecified atom stereocenters. The second-order valence-corrected chi connectivity index (χ2v) is 5.24. The molecule has 0 saturated heterocycles. The van der Waals surface area contributed by atoms with Crippen LogP contribution >= 0.6 is 0 Å². The number of methoxy groups -OCH3 is 1. The van der Waals surface area contributed by atoms with Gasteiger partial charge in [0, 0.05) is 5.92 Å². The zero-order chi connectivity index (χ0) is 12.5. The fraction of sp³-hybridized carbons (Fsp3) is 0.786. The zero-order valence-electron chi connectivity index (χ0n) is 10.7. The van der Waals surface area contributed by atoms with Gasteiger partial charge in [0.25, 0.3) is 0 Å². The monoisotopic (exact) mass is 238 g/mol. The predicted molar refractivity (Wildman–Crippen MR) is 65.4 cm³/mol. The Morgan fingerprint density at radius 2 is 2.41 bits per heavy atom. The fourth-order valence-corrected chi connectivity index (χ4v) is 3.39. The Bertz CT molecular complexity index is 334. The Kier molecular flexibility index (Phi) is 3.57. The second kappa shape index (κ2) is 4.81. The van der Waals surface area contributed by atoms with Crippen LogP contribution in [0.2, 0.25) is 0 Å². The van der Waals surface area contributed by atoms with E-state index in [-0.39, 0.29) is 18.0 Å². The molecule has 3 nitrogen and oxygen atoms in total.